The first-order valence-electron chi connectivity index (χ1n) is 7.87. The summed E-state index contributed by atoms with van der Waals surface area (Å²) >= 11 is 0. The van der Waals surface area contributed by atoms with Crippen LogP contribution in [0.1, 0.15) is 46.0 Å². The third-order valence-electron chi connectivity index (χ3n) is 3.62. The van der Waals surface area contributed by atoms with E-state index in [2.05, 4.69) is 6.92 Å². The van der Waals surface area contributed by atoms with Crippen LogP contribution in [-0.2, 0) is 14.4 Å². The van der Waals surface area contributed by atoms with Crippen molar-refractivity contribution in [3.05, 3.63) is 35.9 Å². The Balaban J connectivity index is 2.09. The number of rotatable bonds is 6. The lowest BCUT2D eigenvalue weighted by Crippen LogP contribution is -2.28. The molecule has 0 radical (unpaired) electrons. The molecule has 1 aliphatic heterocycles. The van der Waals surface area contributed by atoms with Crippen molar-refractivity contribution >= 4 is 23.5 Å². The molecule has 0 N–H and O–H groups in total. The van der Waals surface area contributed by atoms with Gasteiger partial charge in [0.15, 0.2) is 0 Å². The van der Waals surface area contributed by atoms with E-state index in [0.717, 1.165) is 25.7 Å². The summed E-state index contributed by atoms with van der Waals surface area (Å²) < 4.78 is 4.94. The van der Waals surface area contributed by atoms with Crippen molar-refractivity contribution in [3.63, 3.8) is 0 Å². The molecule has 2 rings (SSSR count). The molecule has 2 amide bonds. The number of benzene rings is 1. The number of esters is 1. The van der Waals surface area contributed by atoms with Gasteiger partial charge in [-0.2, -0.15) is 0 Å². The van der Waals surface area contributed by atoms with Crippen molar-refractivity contribution in [2.75, 3.05) is 4.90 Å². The minimum Gasteiger partial charge on any atom is -0.427 e. The third kappa shape index (κ3) is 4.28. The van der Waals surface area contributed by atoms with E-state index < -0.39 is 5.97 Å². The van der Waals surface area contributed by atoms with E-state index in [1.165, 1.54) is 11.8 Å². The van der Waals surface area contributed by atoms with Crippen LogP contribution in [0.25, 0.3) is 0 Å². The number of nitrogens with zero attached hydrogens (tertiary/aromatic N) is 1. The van der Waals surface area contributed by atoms with Crippen LogP contribution in [0.4, 0.5) is 5.69 Å². The monoisotopic (exact) mass is 315 g/mol. The van der Waals surface area contributed by atoms with Gasteiger partial charge in [-0.15, -0.1) is 0 Å². The number of allylic oxidation sites excluding steroid dienone is 1. The highest BCUT2D eigenvalue weighted by Crippen LogP contribution is 2.28. The summed E-state index contributed by atoms with van der Waals surface area (Å²) in [4.78, 5) is 36.6. The number of ether oxygens (including phenoxy) is 1. The van der Waals surface area contributed by atoms with E-state index in [0.29, 0.717) is 17.0 Å². The number of unbranched alkanes of at least 4 members (excludes halogenated alkanes) is 3. The molecular formula is C18H21NO4. The van der Waals surface area contributed by atoms with Gasteiger partial charge < -0.3 is 4.74 Å². The lowest BCUT2D eigenvalue weighted by atomic mass is 10.1. The maximum atomic E-state index is 12.4. The number of imide groups is 1. The van der Waals surface area contributed by atoms with Gasteiger partial charge >= 0.3 is 5.97 Å². The topological polar surface area (TPSA) is 63.7 Å². The lowest BCUT2D eigenvalue weighted by molar-refractivity contribution is -0.132. The van der Waals surface area contributed by atoms with E-state index in [9.17, 15) is 14.4 Å². The normalized spacial score (nSPS) is 16.3. The standard InChI is InChI=1S/C18H21NO4/c1-3-4-5-6-7-14-12-17(21)19(18(14)22)15-8-10-16(11-9-15)23-13(2)20/h7-11H,3-6,12H2,1-2H3. The van der Waals surface area contributed by atoms with Crippen molar-refractivity contribution in [1.29, 1.82) is 0 Å². The Labute approximate surface area is 135 Å². The summed E-state index contributed by atoms with van der Waals surface area (Å²) in [5.74, 6) is -0.511. The van der Waals surface area contributed by atoms with Gasteiger partial charge in [0.1, 0.15) is 5.75 Å². The molecule has 0 atom stereocenters. The summed E-state index contributed by atoms with van der Waals surface area (Å²) in [5, 5.41) is 0. The minimum atomic E-state index is -0.414. The van der Waals surface area contributed by atoms with Crippen LogP contribution in [0, 0.1) is 0 Å². The Bertz CT molecular complexity index is 631. The molecule has 1 heterocycles. The number of hydrogen-bond acceptors (Lipinski definition) is 4. The smallest absolute Gasteiger partial charge is 0.308 e. The fraction of sp³-hybridized carbons (Fsp3) is 0.389. The molecule has 0 aromatic heterocycles. The molecule has 0 saturated carbocycles. The molecule has 0 bridgehead atoms. The fourth-order valence-corrected chi connectivity index (χ4v) is 2.50. The van der Waals surface area contributed by atoms with Crippen LogP contribution < -0.4 is 9.64 Å². The summed E-state index contributed by atoms with van der Waals surface area (Å²) in [5.41, 5.74) is 1.06. The zero-order chi connectivity index (χ0) is 16.8. The fourth-order valence-electron chi connectivity index (χ4n) is 2.50. The molecule has 5 heteroatoms. The van der Waals surface area contributed by atoms with Gasteiger partial charge in [-0.25, -0.2) is 4.90 Å². The van der Waals surface area contributed by atoms with Crippen LogP contribution in [-0.4, -0.2) is 17.8 Å². The Hall–Kier alpha value is -2.43. The molecule has 0 aliphatic carbocycles. The van der Waals surface area contributed by atoms with Crippen LogP contribution in [0.2, 0.25) is 0 Å². The summed E-state index contributed by atoms with van der Waals surface area (Å²) in [7, 11) is 0. The largest absolute Gasteiger partial charge is 0.427 e. The van der Waals surface area contributed by atoms with Gasteiger partial charge in [0.05, 0.1) is 12.1 Å². The van der Waals surface area contributed by atoms with Crippen molar-refractivity contribution in [2.24, 2.45) is 0 Å². The van der Waals surface area contributed by atoms with Gasteiger partial charge in [-0.05, 0) is 37.1 Å². The van der Waals surface area contributed by atoms with Crippen LogP contribution in [0.3, 0.4) is 0 Å². The van der Waals surface area contributed by atoms with Gasteiger partial charge in [0.2, 0.25) is 5.91 Å². The third-order valence-corrected chi connectivity index (χ3v) is 3.62. The average Bonchev–Trinajstić information content (AvgIpc) is 2.79. The zero-order valence-corrected chi connectivity index (χ0v) is 13.5. The molecule has 5 nitrogen and oxygen atoms in total. The highest BCUT2D eigenvalue weighted by molar-refractivity contribution is 6.28. The Morgan fingerprint density at radius 3 is 2.52 bits per heavy atom. The number of anilines is 1. The quantitative estimate of drug-likeness (QED) is 0.265. The molecule has 1 saturated heterocycles. The molecule has 1 fully saturated rings. The van der Waals surface area contributed by atoms with Crippen LogP contribution in [0.5, 0.6) is 5.75 Å². The van der Waals surface area contributed by atoms with Gasteiger partial charge in [0.25, 0.3) is 5.91 Å². The van der Waals surface area contributed by atoms with E-state index in [1.807, 2.05) is 6.08 Å². The van der Waals surface area contributed by atoms with Crippen molar-refractivity contribution in [2.45, 2.75) is 46.0 Å². The van der Waals surface area contributed by atoms with Gasteiger partial charge in [-0.3, -0.25) is 14.4 Å². The van der Waals surface area contributed by atoms with Crippen LogP contribution in [0.15, 0.2) is 35.9 Å². The van der Waals surface area contributed by atoms with Crippen LogP contribution >= 0.6 is 0 Å². The molecule has 1 aromatic carbocycles. The molecule has 1 aromatic rings. The van der Waals surface area contributed by atoms with E-state index in [4.69, 9.17) is 4.74 Å². The predicted molar refractivity (Wildman–Crippen MR) is 87.1 cm³/mol. The second kappa shape index (κ2) is 7.72. The zero-order valence-electron chi connectivity index (χ0n) is 13.5. The number of hydrogen-bond donors (Lipinski definition) is 0. The summed E-state index contributed by atoms with van der Waals surface area (Å²) in [6.45, 7) is 3.44. The number of carbonyl (C=O) groups excluding carboxylic acids is 3. The minimum absolute atomic E-state index is 0.149. The maximum absolute atomic E-state index is 12.4. The second-order valence-electron chi connectivity index (χ2n) is 5.52. The molecule has 122 valence electrons. The van der Waals surface area contributed by atoms with Crippen molar-refractivity contribution in [1.82, 2.24) is 0 Å². The Kier molecular flexibility index (Phi) is 5.68. The summed E-state index contributed by atoms with van der Waals surface area (Å²) in [6, 6.07) is 6.35. The van der Waals surface area contributed by atoms with Gasteiger partial charge in [-0.1, -0.05) is 25.8 Å². The van der Waals surface area contributed by atoms with Gasteiger partial charge in [0, 0.05) is 12.5 Å². The Morgan fingerprint density at radius 2 is 1.91 bits per heavy atom. The first-order valence-corrected chi connectivity index (χ1v) is 7.87. The lowest BCUT2D eigenvalue weighted by Gasteiger charge is -2.13. The molecule has 0 spiro atoms. The number of carbonyl (C=O) groups is 3. The molecule has 1 aliphatic rings. The second-order valence-corrected chi connectivity index (χ2v) is 5.52. The highest BCUT2D eigenvalue weighted by Gasteiger charge is 2.34. The van der Waals surface area contributed by atoms with Crippen molar-refractivity contribution in [3.8, 4) is 5.75 Å². The predicted octanol–water partition coefficient (Wildman–Crippen LogP) is 3.38. The summed E-state index contributed by atoms with van der Waals surface area (Å²) in [6.07, 6.45) is 6.11. The maximum Gasteiger partial charge on any atom is 0.308 e. The highest BCUT2D eigenvalue weighted by atomic mass is 16.5. The SMILES string of the molecule is CCCCCC=C1CC(=O)N(c2ccc(OC(C)=O)cc2)C1=O. The molecule has 23 heavy (non-hydrogen) atoms. The molecule has 0 unspecified atom stereocenters. The van der Waals surface area contributed by atoms with E-state index >= 15 is 0 Å². The van der Waals surface area contributed by atoms with Crippen molar-refractivity contribution < 1.29 is 19.1 Å². The van der Waals surface area contributed by atoms with E-state index in [-0.39, 0.29) is 18.2 Å². The molecular weight excluding hydrogens is 294 g/mol. The first-order chi connectivity index (χ1) is 11.0. The first kappa shape index (κ1) is 16.9. The average molecular weight is 315 g/mol. The number of amides is 2. The Morgan fingerprint density at radius 1 is 1.22 bits per heavy atom. The van der Waals surface area contributed by atoms with E-state index in [1.54, 1.807) is 24.3 Å².